The summed E-state index contributed by atoms with van der Waals surface area (Å²) in [4.78, 5) is 0. The van der Waals surface area contributed by atoms with Crippen molar-refractivity contribution in [2.75, 3.05) is 0 Å². The molecule has 4 heteroatoms. The molecule has 1 aliphatic heterocycles. The Bertz CT molecular complexity index is 1780. The molecule has 0 aliphatic carbocycles. The summed E-state index contributed by atoms with van der Waals surface area (Å²) in [7, 11) is -0.441. The number of hydrogen-bond donors (Lipinski definition) is 0. The van der Waals surface area contributed by atoms with Crippen LogP contribution in [-0.2, 0) is 9.31 Å². The van der Waals surface area contributed by atoms with Crippen molar-refractivity contribution in [3.05, 3.63) is 121 Å². The monoisotopic (exact) mass is 521 g/mol. The summed E-state index contributed by atoms with van der Waals surface area (Å²) in [5, 5.41) is 2.36. The molecule has 0 spiro atoms. The van der Waals surface area contributed by atoms with Crippen LogP contribution >= 0.6 is 0 Å². The number of hydrogen-bond acceptors (Lipinski definition) is 2. The second-order valence-corrected chi connectivity index (χ2v) is 11.7. The number of aromatic nitrogens is 1. The molecule has 1 aliphatic rings. The smallest absolute Gasteiger partial charge is 0.399 e. The molecule has 0 radical (unpaired) electrons. The van der Waals surface area contributed by atoms with Gasteiger partial charge in [-0.15, -0.1) is 0 Å². The highest BCUT2D eigenvalue weighted by atomic mass is 16.7. The van der Waals surface area contributed by atoms with Crippen LogP contribution < -0.4 is 5.46 Å². The summed E-state index contributed by atoms with van der Waals surface area (Å²) in [5.74, 6) is 0. The molecule has 0 N–H and O–H groups in total. The summed E-state index contributed by atoms with van der Waals surface area (Å²) in [6.07, 6.45) is 0. The molecule has 6 aromatic rings. The van der Waals surface area contributed by atoms with Gasteiger partial charge in [-0.05, 0) is 85.7 Å². The first-order chi connectivity index (χ1) is 19.3. The topological polar surface area (TPSA) is 23.4 Å². The van der Waals surface area contributed by atoms with Gasteiger partial charge in [-0.3, -0.25) is 0 Å². The zero-order valence-corrected chi connectivity index (χ0v) is 23.4. The Morgan fingerprint density at radius 3 is 1.65 bits per heavy atom. The predicted molar refractivity (Wildman–Crippen MR) is 167 cm³/mol. The molecule has 196 valence electrons. The van der Waals surface area contributed by atoms with Crippen LogP contribution in [0.1, 0.15) is 27.7 Å². The van der Waals surface area contributed by atoms with Crippen molar-refractivity contribution in [2.24, 2.45) is 0 Å². The minimum Gasteiger partial charge on any atom is -0.399 e. The summed E-state index contributed by atoms with van der Waals surface area (Å²) >= 11 is 0. The number of fused-ring (bicyclic) bond motifs is 3. The van der Waals surface area contributed by atoms with Gasteiger partial charge in [0.25, 0.3) is 0 Å². The van der Waals surface area contributed by atoms with E-state index in [1.54, 1.807) is 0 Å². The molecule has 0 amide bonds. The Labute approximate surface area is 236 Å². The van der Waals surface area contributed by atoms with Crippen molar-refractivity contribution in [2.45, 2.75) is 38.9 Å². The molecule has 0 unspecified atom stereocenters. The molecule has 0 saturated carbocycles. The van der Waals surface area contributed by atoms with Crippen LogP contribution in [0.2, 0.25) is 0 Å². The van der Waals surface area contributed by atoms with Gasteiger partial charge in [0.15, 0.2) is 0 Å². The van der Waals surface area contributed by atoms with Gasteiger partial charge in [0.2, 0.25) is 0 Å². The van der Waals surface area contributed by atoms with Gasteiger partial charge in [0.1, 0.15) is 0 Å². The zero-order chi connectivity index (χ0) is 27.5. The Hall–Kier alpha value is -4.12. The van der Waals surface area contributed by atoms with Crippen molar-refractivity contribution in [1.82, 2.24) is 4.57 Å². The highest BCUT2D eigenvalue weighted by molar-refractivity contribution is 6.66. The lowest BCUT2D eigenvalue weighted by molar-refractivity contribution is 0.00578. The maximum atomic E-state index is 6.54. The molecular weight excluding hydrogens is 489 g/mol. The van der Waals surface area contributed by atoms with E-state index < -0.39 is 18.3 Å². The van der Waals surface area contributed by atoms with Crippen LogP contribution in [0.4, 0.5) is 0 Å². The van der Waals surface area contributed by atoms with Crippen LogP contribution in [0.3, 0.4) is 0 Å². The molecule has 1 fully saturated rings. The first-order valence-electron chi connectivity index (χ1n) is 14.0. The van der Waals surface area contributed by atoms with Crippen LogP contribution in [0.5, 0.6) is 0 Å². The van der Waals surface area contributed by atoms with Crippen LogP contribution in [0.15, 0.2) is 121 Å². The van der Waals surface area contributed by atoms with E-state index in [2.05, 4.69) is 154 Å². The van der Waals surface area contributed by atoms with E-state index in [0.717, 1.165) is 22.2 Å². The molecule has 1 saturated heterocycles. The van der Waals surface area contributed by atoms with Crippen molar-refractivity contribution in [3.63, 3.8) is 0 Å². The number of benzene rings is 5. The van der Waals surface area contributed by atoms with Gasteiger partial charge >= 0.3 is 7.12 Å². The van der Waals surface area contributed by atoms with E-state index in [1.807, 2.05) is 0 Å². The van der Waals surface area contributed by atoms with Gasteiger partial charge in [0.05, 0.1) is 22.2 Å². The Balaban J connectivity index is 1.50. The van der Waals surface area contributed by atoms with E-state index in [4.69, 9.17) is 9.31 Å². The summed E-state index contributed by atoms with van der Waals surface area (Å²) in [6.45, 7) is 8.43. The number of rotatable bonds is 4. The Morgan fingerprint density at radius 2 is 1.05 bits per heavy atom. The lowest BCUT2D eigenvalue weighted by Crippen LogP contribution is -2.41. The average molecular weight is 521 g/mol. The second-order valence-electron chi connectivity index (χ2n) is 11.7. The van der Waals surface area contributed by atoms with E-state index in [0.29, 0.717) is 0 Å². The maximum absolute atomic E-state index is 6.54. The molecule has 3 nitrogen and oxygen atoms in total. The third kappa shape index (κ3) is 3.99. The minimum atomic E-state index is -0.441. The average Bonchev–Trinajstić information content (AvgIpc) is 3.43. The molecule has 0 bridgehead atoms. The van der Waals surface area contributed by atoms with Gasteiger partial charge in [-0.25, -0.2) is 0 Å². The highest BCUT2D eigenvalue weighted by Crippen LogP contribution is 2.39. The number of nitrogens with zero attached hydrogens (tertiary/aromatic N) is 1. The fourth-order valence-corrected chi connectivity index (χ4v) is 5.83. The molecule has 2 heterocycles. The Morgan fingerprint density at radius 1 is 0.525 bits per heavy atom. The molecule has 1 aromatic heterocycles. The minimum absolute atomic E-state index is 0.410. The van der Waals surface area contributed by atoms with Crippen molar-refractivity contribution in [1.29, 1.82) is 0 Å². The second kappa shape index (κ2) is 9.23. The van der Waals surface area contributed by atoms with Crippen LogP contribution in [0, 0.1) is 0 Å². The van der Waals surface area contributed by atoms with Crippen LogP contribution in [-0.4, -0.2) is 22.9 Å². The predicted octanol–water partition coefficient (Wildman–Crippen LogP) is 8.42. The third-order valence-electron chi connectivity index (χ3n) is 8.63. The molecule has 7 rings (SSSR count). The van der Waals surface area contributed by atoms with Gasteiger partial charge in [0, 0.05) is 16.5 Å². The first kappa shape index (κ1) is 24.9. The molecular formula is C36H32BNO2. The Kier molecular flexibility index (Phi) is 5.74. The zero-order valence-electron chi connectivity index (χ0n) is 23.4. The normalized spacial score (nSPS) is 16.1. The van der Waals surface area contributed by atoms with Crippen molar-refractivity contribution < 1.29 is 9.31 Å². The lowest BCUT2D eigenvalue weighted by Gasteiger charge is -2.32. The highest BCUT2D eigenvalue weighted by Gasteiger charge is 2.52. The largest absolute Gasteiger partial charge is 0.495 e. The fraction of sp³-hybridized carbons (Fsp3) is 0.167. The molecule has 5 aromatic carbocycles. The SMILES string of the molecule is CC1(C)OB(c2cccc3c2c2ccccc2n3-c2cc(-c3ccccc3)cc(-c3ccccc3)c2)OC1(C)C. The standard InChI is InChI=1S/C36H32BNO2/c1-35(2)36(3,4)40-37(39-35)31-19-13-21-33-34(31)30-18-11-12-20-32(30)38(33)29-23-27(25-14-7-5-8-15-25)22-28(24-29)26-16-9-6-10-17-26/h5-24H,1-4H3. The molecule has 0 atom stereocenters. The summed E-state index contributed by atoms with van der Waals surface area (Å²) < 4.78 is 15.5. The van der Waals surface area contributed by atoms with Gasteiger partial charge < -0.3 is 13.9 Å². The fourth-order valence-electron chi connectivity index (χ4n) is 5.83. The maximum Gasteiger partial charge on any atom is 0.495 e. The van der Waals surface area contributed by atoms with Crippen LogP contribution in [0.25, 0.3) is 49.7 Å². The summed E-state index contributed by atoms with van der Waals surface area (Å²) in [6, 6.07) is 43.3. The van der Waals surface area contributed by atoms with E-state index >= 15 is 0 Å². The lowest BCUT2D eigenvalue weighted by atomic mass is 9.76. The summed E-state index contributed by atoms with van der Waals surface area (Å²) in [5.41, 5.74) is 8.42. The molecule has 40 heavy (non-hydrogen) atoms. The van der Waals surface area contributed by atoms with Gasteiger partial charge in [-0.2, -0.15) is 0 Å². The third-order valence-corrected chi connectivity index (χ3v) is 8.63. The number of para-hydroxylation sites is 1. The first-order valence-corrected chi connectivity index (χ1v) is 14.0. The van der Waals surface area contributed by atoms with E-state index in [-0.39, 0.29) is 0 Å². The quantitative estimate of drug-likeness (QED) is 0.218. The van der Waals surface area contributed by atoms with Crippen molar-refractivity contribution in [3.8, 4) is 27.9 Å². The van der Waals surface area contributed by atoms with E-state index in [1.165, 1.54) is 33.0 Å². The van der Waals surface area contributed by atoms with E-state index in [9.17, 15) is 0 Å². The van der Waals surface area contributed by atoms with Gasteiger partial charge in [-0.1, -0.05) is 91.0 Å². The van der Waals surface area contributed by atoms with Crippen molar-refractivity contribution >= 4 is 34.4 Å².